The number of hydrogen-bond acceptors (Lipinski definition) is 4. The smallest absolute Gasteiger partial charge is 0.246 e. The van der Waals surface area contributed by atoms with Gasteiger partial charge >= 0.3 is 0 Å². The molecule has 0 amide bonds. The Balaban J connectivity index is 1.90. The summed E-state index contributed by atoms with van der Waals surface area (Å²) in [6.07, 6.45) is 6.13. The lowest BCUT2D eigenvalue weighted by Gasteiger charge is -2.14. The predicted octanol–water partition coefficient (Wildman–Crippen LogP) is 1.30. The Labute approximate surface area is 127 Å². The van der Waals surface area contributed by atoms with E-state index in [4.69, 9.17) is 0 Å². The molecule has 0 saturated carbocycles. The van der Waals surface area contributed by atoms with Crippen molar-refractivity contribution in [2.45, 2.75) is 44.6 Å². The number of aryl methyl sites for hydroxylation is 1. The fourth-order valence-electron chi connectivity index (χ4n) is 2.53. The summed E-state index contributed by atoms with van der Waals surface area (Å²) >= 11 is 0. The van der Waals surface area contributed by atoms with Gasteiger partial charge in [0.1, 0.15) is 4.90 Å². The van der Waals surface area contributed by atoms with Crippen molar-refractivity contribution in [3.05, 3.63) is 12.4 Å². The van der Waals surface area contributed by atoms with Crippen LogP contribution in [0.3, 0.4) is 0 Å². The van der Waals surface area contributed by atoms with E-state index in [1.165, 1.54) is 6.20 Å². The largest absolute Gasteiger partial charge is 0.317 e. The molecule has 1 aromatic rings. The first kappa shape index (κ1) is 16.5. The van der Waals surface area contributed by atoms with Gasteiger partial charge in [0.05, 0.1) is 6.20 Å². The molecule has 120 valence electrons. The zero-order valence-corrected chi connectivity index (χ0v) is 13.8. The van der Waals surface area contributed by atoms with Crippen molar-refractivity contribution in [1.29, 1.82) is 0 Å². The van der Waals surface area contributed by atoms with Gasteiger partial charge in [-0.05, 0) is 38.3 Å². The number of hydrogen-bond donors (Lipinski definition) is 1. The first-order valence-corrected chi connectivity index (χ1v) is 9.21. The fraction of sp³-hybridized carbons (Fsp3) is 0.786. The summed E-state index contributed by atoms with van der Waals surface area (Å²) in [6, 6.07) is 0. The molecular formula is C14H26N4O2S. The lowest BCUT2D eigenvalue weighted by atomic mass is 10.2. The highest BCUT2D eigenvalue weighted by Gasteiger charge is 2.31. The standard InChI is InChI=1S/C14H26N4O2S/c1-3-6-15-7-4-8-17-12-14(10-16-17)21(19,20)18-9-5-13(2)11-18/h10,12-13,15H,3-9,11H2,1-2H3. The molecule has 1 saturated heterocycles. The Bertz CT molecular complexity index is 541. The summed E-state index contributed by atoms with van der Waals surface area (Å²) in [5, 5.41) is 7.50. The summed E-state index contributed by atoms with van der Waals surface area (Å²) in [6.45, 7) is 8.15. The van der Waals surface area contributed by atoms with Gasteiger partial charge in [-0.25, -0.2) is 8.42 Å². The fourth-order valence-corrected chi connectivity index (χ4v) is 4.06. The second kappa shape index (κ2) is 7.38. The van der Waals surface area contributed by atoms with E-state index in [0.29, 0.717) is 23.9 Å². The van der Waals surface area contributed by atoms with Gasteiger partial charge in [0.2, 0.25) is 10.0 Å². The van der Waals surface area contributed by atoms with E-state index < -0.39 is 10.0 Å². The van der Waals surface area contributed by atoms with Crippen LogP contribution < -0.4 is 5.32 Å². The van der Waals surface area contributed by atoms with Crippen molar-refractivity contribution in [2.75, 3.05) is 26.2 Å². The highest BCUT2D eigenvalue weighted by Crippen LogP contribution is 2.23. The van der Waals surface area contributed by atoms with Crippen molar-refractivity contribution in [3.63, 3.8) is 0 Å². The van der Waals surface area contributed by atoms with Crippen molar-refractivity contribution >= 4 is 10.0 Å². The second-order valence-corrected chi connectivity index (χ2v) is 7.74. The average molecular weight is 314 g/mol. The van der Waals surface area contributed by atoms with Gasteiger partial charge in [0.15, 0.2) is 0 Å². The third-order valence-corrected chi connectivity index (χ3v) is 5.62. The highest BCUT2D eigenvalue weighted by atomic mass is 32.2. The van der Waals surface area contributed by atoms with E-state index in [-0.39, 0.29) is 0 Å². The van der Waals surface area contributed by atoms with E-state index in [9.17, 15) is 8.42 Å². The summed E-state index contributed by atoms with van der Waals surface area (Å²) < 4.78 is 28.2. The molecule has 2 rings (SSSR count). The molecule has 21 heavy (non-hydrogen) atoms. The lowest BCUT2D eigenvalue weighted by molar-refractivity contribution is 0.464. The summed E-state index contributed by atoms with van der Waals surface area (Å²) in [4.78, 5) is 0.318. The molecule has 0 aliphatic carbocycles. The van der Waals surface area contributed by atoms with E-state index in [1.54, 1.807) is 15.2 Å². The Kier molecular flexibility index (Phi) is 5.78. The van der Waals surface area contributed by atoms with Crippen LogP contribution in [0, 0.1) is 5.92 Å². The zero-order valence-electron chi connectivity index (χ0n) is 13.0. The molecule has 1 N–H and O–H groups in total. The second-order valence-electron chi connectivity index (χ2n) is 5.80. The van der Waals surface area contributed by atoms with Crippen LogP contribution in [0.5, 0.6) is 0 Å². The Morgan fingerprint density at radius 2 is 2.24 bits per heavy atom. The summed E-state index contributed by atoms with van der Waals surface area (Å²) in [7, 11) is -3.36. The summed E-state index contributed by atoms with van der Waals surface area (Å²) in [5.41, 5.74) is 0. The number of nitrogens with zero attached hydrogens (tertiary/aromatic N) is 3. The quantitative estimate of drug-likeness (QED) is 0.735. The number of nitrogens with one attached hydrogen (secondary N) is 1. The molecule has 1 fully saturated rings. The summed E-state index contributed by atoms with van der Waals surface area (Å²) in [5.74, 6) is 0.444. The molecule has 0 radical (unpaired) electrons. The van der Waals surface area contributed by atoms with Gasteiger partial charge in [-0.3, -0.25) is 4.68 Å². The van der Waals surface area contributed by atoms with E-state index >= 15 is 0 Å². The first-order valence-electron chi connectivity index (χ1n) is 7.77. The highest BCUT2D eigenvalue weighted by molar-refractivity contribution is 7.89. The average Bonchev–Trinajstić information content (AvgIpc) is 3.08. The minimum Gasteiger partial charge on any atom is -0.317 e. The predicted molar refractivity (Wildman–Crippen MR) is 82.5 cm³/mol. The maximum atomic E-state index is 12.5. The van der Waals surface area contributed by atoms with Crippen LogP contribution in [-0.2, 0) is 16.6 Å². The normalized spacial score (nSPS) is 20.2. The molecule has 1 atom stereocenters. The molecule has 0 bridgehead atoms. The monoisotopic (exact) mass is 314 g/mol. The first-order chi connectivity index (χ1) is 10.0. The molecule has 1 unspecified atom stereocenters. The van der Waals surface area contributed by atoms with Gasteiger partial charge < -0.3 is 5.32 Å². The van der Waals surface area contributed by atoms with Crippen molar-refractivity contribution in [1.82, 2.24) is 19.4 Å². The van der Waals surface area contributed by atoms with E-state index in [2.05, 4.69) is 24.3 Å². The van der Waals surface area contributed by atoms with Crippen molar-refractivity contribution < 1.29 is 8.42 Å². The van der Waals surface area contributed by atoms with Crippen molar-refractivity contribution in [3.8, 4) is 0 Å². The van der Waals surface area contributed by atoms with Crippen LogP contribution in [0.2, 0.25) is 0 Å². The number of aromatic nitrogens is 2. The van der Waals surface area contributed by atoms with Crippen LogP contribution in [0.1, 0.15) is 33.1 Å². The molecule has 6 nitrogen and oxygen atoms in total. The van der Waals surface area contributed by atoms with Crippen LogP contribution in [-0.4, -0.2) is 48.7 Å². The van der Waals surface area contributed by atoms with Gasteiger partial charge in [-0.1, -0.05) is 13.8 Å². The number of sulfonamides is 1. The topological polar surface area (TPSA) is 67.2 Å². The molecule has 1 aromatic heterocycles. The minimum absolute atomic E-state index is 0.318. The number of rotatable bonds is 8. The molecule has 0 aromatic carbocycles. The van der Waals surface area contributed by atoms with Crippen molar-refractivity contribution in [2.24, 2.45) is 5.92 Å². The molecule has 1 aliphatic heterocycles. The van der Waals surface area contributed by atoms with E-state index in [0.717, 1.165) is 38.9 Å². The van der Waals surface area contributed by atoms with Crippen LogP contribution in [0.25, 0.3) is 0 Å². The van der Waals surface area contributed by atoms with Crippen LogP contribution in [0.4, 0.5) is 0 Å². The van der Waals surface area contributed by atoms with Gasteiger partial charge in [-0.2, -0.15) is 9.40 Å². The third-order valence-electron chi connectivity index (χ3n) is 3.80. The Morgan fingerprint density at radius 3 is 2.90 bits per heavy atom. The van der Waals surface area contributed by atoms with Gasteiger partial charge in [-0.15, -0.1) is 0 Å². The van der Waals surface area contributed by atoms with Crippen LogP contribution in [0.15, 0.2) is 17.3 Å². The maximum absolute atomic E-state index is 12.5. The Hall–Kier alpha value is -0.920. The van der Waals surface area contributed by atoms with Crippen LogP contribution >= 0.6 is 0 Å². The maximum Gasteiger partial charge on any atom is 0.246 e. The molecule has 2 heterocycles. The molecular weight excluding hydrogens is 288 g/mol. The third kappa shape index (κ3) is 4.28. The molecule has 1 aliphatic rings. The SMILES string of the molecule is CCCNCCCn1cc(S(=O)(=O)N2CCC(C)C2)cn1. The lowest BCUT2D eigenvalue weighted by Crippen LogP contribution is -2.28. The Morgan fingerprint density at radius 1 is 1.43 bits per heavy atom. The molecule has 7 heteroatoms. The van der Waals surface area contributed by atoms with Gasteiger partial charge in [0.25, 0.3) is 0 Å². The molecule has 0 spiro atoms. The van der Waals surface area contributed by atoms with E-state index in [1.807, 2.05) is 0 Å². The van der Waals surface area contributed by atoms with Gasteiger partial charge in [0, 0.05) is 25.8 Å². The zero-order chi connectivity index (χ0) is 15.3. The minimum atomic E-state index is -3.36.